The number of fused-ring (bicyclic) bond motifs is 1. The molecule has 2 aromatic rings. The number of phenols is 1. The molecule has 0 spiro atoms. The van der Waals surface area contributed by atoms with Crippen LogP contribution in [-0.4, -0.2) is 17.2 Å². The number of aromatic hydroxyl groups is 1. The van der Waals surface area contributed by atoms with E-state index in [4.69, 9.17) is 4.74 Å². The predicted octanol–water partition coefficient (Wildman–Crippen LogP) is 1.95. The summed E-state index contributed by atoms with van der Waals surface area (Å²) in [5.41, 5.74) is 0.765. The standard InChI is InChI=1S/C10H9NO2/c1-13-7-5-8-9(11-6-7)3-2-4-10(8)12/h2-6,12H,1H3. The molecule has 0 saturated heterocycles. The highest BCUT2D eigenvalue weighted by atomic mass is 16.5. The van der Waals surface area contributed by atoms with Gasteiger partial charge in [0.15, 0.2) is 0 Å². The molecular weight excluding hydrogens is 166 g/mol. The molecule has 2 rings (SSSR count). The second-order valence-electron chi connectivity index (χ2n) is 2.72. The van der Waals surface area contributed by atoms with E-state index in [1.54, 1.807) is 31.5 Å². The Kier molecular flexibility index (Phi) is 1.77. The van der Waals surface area contributed by atoms with Crippen molar-refractivity contribution in [3.8, 4) is 11.5 Å². The zero-order valence-corrected chi connectivity index (χ0v) is 7.19. The van der Waals surface area contributed by atoms with Crippen LogP contribution in [0.4, 0.5) is 0 Å². The third-order valence-electron chi connectivity index (χ3n) is 1.91. The van der Waals surface area contributed by atoms with Crippen molar-refractivity contribution in [1.29, 1.82) is 0 Å². The summed E-state index contributed by atoms with van der Waals surface area (Å²) in [6, 6.07) is 6.99. The van der Waals surface area contributed by atoms with E-state index in [0.29, 0.717) is 11.1 Å². The van der Waals surface area contributed by atoms with Crippen molar-refractivity contribution >= 4 is 10.9 Å². The van der Waals surface area contributed by atoms with E-state index in [1.165, 1.54) is 0 Å². The Balaban J connectivity index is 2.74. The zero-order chi connectivity index (χ0) is 9.26. The van der Waals surface area contributed by atoms with Crippen molar-refractivity contribution in [2.45, 2.75) is 0 Å². The van der Waals surface area contributed by atoms with Crippen LogP contribution in [0.3, 0.4) is 0 Å². The van der Waals surface area contributed by atoms with Crippen LogP contribution in [0.15, 0.2) is 30.5 Å². The van der Waals surface area contributed by atoms with Gasteiger partial charge in [0.25, 0.3) is 0 Å². The Hall–Kier alpha value is -1.77. The first-order valence-corrected chi connectivity index (χ1v) is 3.93. The molecule has 0 fully saturated rings. The summed E-state index contributed by atoms with van der Waals surface area (Å²) in [5, 5.41) is 10.2. The number of hydrogen-bond donors (Lipinski definition) is 1. The van der Waals surface area contributed by atoms with Gasteiger partial charge in [-0.05, 0) is 18.2 Å². The van der Waals surface area contributed by atoms with Gasteiger partial charge in [0.1, 0.15) is 11.5 Å². The molecule has 3 heteroatoms. The first kappa shape index (κ1) is 7.86. The Morgan fingerprint density at radius 2 is 2.23 bits per heavy atom. The van der Waals surface area contributed by atoms with E-state index in [2.05, 4.69) is 4.98 Å². The molecular formula is C10H9NO2. The summed E-state index contributed by atoms with van der Waals surface area (Å²) in [5.74, 6) is 0.873. The van der Waals surface area contributed by atoms with E-state index in [0.717, 1.165) is 5.52 Å². The van der Waals surface area contributed by atoms with Gasteiger partial charge in [0.05, 0.1) is 18.8 Å². The van der Waals surface area contributed by atoms with E-state index >= 15 is 0 Å². The van der Waals surface area contributed by atoms with Gasteiger partial charge < -0.3 is 9.84 Å². The fraction of sp³-hybridized carbons (Fsp3) is 0.100. The molecule has 3 nitrogen and oxygen atoms in total. The fourth-order valence-electron chi connectivity index (χ4n) is 1.23. The largest absolute Gasteiger partial charge is 0.507 e. The highest BCUT2D eigenvalue weighted by Crippen LogP contribution is 2.25. The first-order chi connectivity index (χ1) is 6.31. The van der Waals surface area contributed by atoms with Crippen LogP contribution in [0.5, 0.6) is 11.5 Å². The van der Waals surface area contributed by atoms with E-state index in [9.17, 15) is 5.11 Å². The lowest BCUT2D eigenvalue weighted by Gasteiger charge is -2.02. The van der Waals surface area contributed by atoms with E-state index in [1.807, 2.05) is 6.07 Å². The maximum Gasteiger partial charge on any atom is 0.137 e. The molecule has 0 unspecified atom stereocenters. The van der Waals surface area contributed by atoms with Crippen LogP contribution >= 0.6 is 0 Å². The normalized spacial score (nSPS) is 10.2. The van der Waals surface area contributed by atoms with Gasteiger partial charge in [-0.3, -0.25) is 4.98 Å². The van der Waals surface area contributed by atoms with Crippen LogP contribution in [0.1, 0.15) is 0 Å². The van der Waals surface area contributed by atoms with Gasteiger partial charge in [0.2, 0.25) is 0 Å². The minimum absolute atomic E-state index is 0.226. The van der Waals surface area contributed by atoms with Crippen LogP contribution < -0.4 is 4.74 Å². The van der Waals surface area contributed by atoms with Gasteiger partial charge >= 0.3 is 0 Å². The molecule has 0 aliphatic rings. The monoisotopic (exact) mass is 175 g/mol. The zero-order valence-electron chi connectivity index (χ0n) is 7.19. The highest BCUT2D eigenvalue weighted by molar-refractivity contribution is 5.85. The summed E-state index contributed by atoms with van der Waals surface area (Å²) in [6.07, 6.45) is 1.63. The Bertz CT molecular complexity index is 440. The van der Waals surface area contributed by atoms with Crippen LogP contribution in [0, 0.1) is 0 Å². The SMILES string of the molecule is COc1cnc2cccc(O)c2c1. The lowest BCUT2D eigenvalue weighted by atomic mass is 10.2. The molecule has 0 amide bonds. The molecule has 0 atom stereocenters. The first-order valence-electron chi connectivity index (χ1n) is 3.93. The molecule has 0 bridgehead atoms. The lowest BCUT2D eigenvalue weighted by molar-refractivity contribution is 0.413. The average Bonchev–Trinajstić information content (AvgIpc) is 2.18. The number of methoxy groups -OCH3 is 1. The Morgan fingerprint density at radius 3 is 3.00 bits per heavy atom. The predicted molar refractivity (Wildman–Crippen MR) is 50.0 cm³/mol. The molecule has 1 N–H and O–H groups in total. The number of pyridine rings is 1. The third-order valence-corrected chi connectivity index (χ3v) is 1.91. The minimum Gasteiger partial charge on any atom is -0.507 e. The number of nitrogens with zero attached hydrogens (tertiary/aromatic N) is 1. The van der Waals surface area contributed by atoms with Crippen LogP contribution in [0.25, 0.3) is 10.9 Å². The molecule has 1 aromatic heterocycles. The van der Waals surface area contributed by atoms with Crippen molar-refractivity contribution in [2.24, 2.45) is 0 Å². The highest BCUT2D eigenvalue weighted by Gasteiger charge is 2.01. The van der Waals surface area contributed by atoms with Crippen LogP contribution in [0.2, 0.25) is 0 Å². The summed E-state index contributed by atoms with van der Waals surface area (Å²) in [6.45, 7) is 0. The third kappa shape index (κ3) is 1.28. The second kappa shape index (κ2) is 2.94. The van der Waals surface area contributed by atoms with Gasteiger partial charge in [-0.25, -0.2) is 0 Å². The lowest BCUT2D eigenvalue weighted by Crippen LogP contribution is -1.85. The van der Waals surface area contributed by atoms with Crippen molar-refractivity contribution in [1.82, 2.24) is 4.98 Å². The molecule has 0 radical (unpaired) electrons. The maximum atomic E-state index is 9.50. The molecule has 13 heavy (non-hydrogen) atoms. The van der Waals surface area contributed by atoms with Crippen LogP contribution in [-0.2, 0) is 0 Å². The number of benzene rings is 1. The number of phenolic OH excluding ortho intramolecular Hbond substituents is 1. The van der Waals surface area contributed by atoms with Gasteiger partial charge in [-0.15, -0.1) is 0 Å². The molecule has 1 heterocycles. The number of aromatic nitrogens is 1. The number of rotatable bonds is 1. The molecule has 0 aliphatic carbocycles. The molecule has 0 aliphatic heterocycles. The summed E-state index contributed by atoms with van der Waals surface area (Å²) in [7, 11) is 1.57. The number of ether oxygens (including phenoxy) is 1. The van der Waals surface area contributed by atoms with Crippen molar-refractivity contribution < 1.29 is 9.84 Å². The molecule has 1 aromatic carbocycles. The average molecular weight is 175 g/mol. The molecule has 66 valence electrons. The van der Waals surface area contributed by atoms with Crippen molar-refractivity contribution in [3.63, 3.8) is 0 Å². The van der Waals surface area contributed by atoms with E-state index < -0.39 is 0 Å². The summed E-state index contributed by atoms with van der Waals surface area (Å²) < 4.78 is 5.00. The van der Waals surface area contributed by atoms with Gasteiger partial charge in [0, 0.05) is 5.39 Å². The molecule has 0 saturated carbocycles. The Labute approximate surface area is 75.6 Å². The summed E-state index contributed by atoms with van der Waals surface area (Å²) >= 11 is 0. The smallest absolute Gasteiger partial charge is 0.137 e. The van der Waals surface area contributed by atoms with Gasteiger partial charge in [-0.2, -0.15) is 0 Å². The number of hydrogen-bond acceptors (Lipinski definition) is 3. The summed E-state index contributed by atoms with van der Waals surface area (Å²) in [4.78, 5) is 4.13. The second-order valence-corrected chi connectivity index (χ2v) is 2.72. The minimum atomic E-state index is 0.226. The van der Waals surface area contributed by atoms with E-state index in [-0.39, 0.29) is 5.75 Å². The fourth-order valence-corrected chi connectivity index (χ4v) is 1.23. The van der Waals surface area contributed by atoms with Crippen molar-refractivity contribution in [3.05, 3.63) is 30.5 Å². The quantitative estimate of drug-likeness (QED) is 0.720. The van der Waals surface area contributed by atoms with Crippen molar-refractivity contribution in [2.75, 3.05) is 7.11 Å². The Morgan fingerprint density at radius 1 is 1.38 bits per heavy atom. The van der Waals surface area contributed by atoms with Gasteiger partial charge in [-0.1, -0.05) is 6.07 Å². The maximum absolute atomic E-state index is 9.50. The topological polar surface area (TPSA) is 42.4 Å².